The van der Waals surface area contributed by atoms with Crippen molar-refractivity contribution in [3.05, 3.63) is 65.7 Å². The summed E-state index contributed by atoms with van der Waals surface area (Å²) in [5.41, 5.74) is 7.23. The van der Waals surface area contributed by atoms with Crippen molar-refractivity contribution < 1.29 is 4.79 Å². The van der Waals surface area contributed by atoms with E-state index in [1.165, 1.54) is 4.90 Å². The molecule has 0 unspecified atom stereocenters. The minimum Gasteiger partial charge on any atom is -0.351 e. The maximum atomic E-state index is 11.9. The number of carbonyl (C=O) groups excluding carboxylic acids is 1. The minimum absolute atomic E-state index is 0.0396. The van der Waals surface area contributed by atoms with Crippen molar-refractivity contribution in [3.63, 3.8) is 0 Å². The second kappa shape index (κ2) is 7.72. The molecule has 0 atom stereocenters. The molecular formula is C16H18N2OS. The predicted octanol–water partition coefficient (Wildman–Crippen LogP) is 2.67. The van der Waals surface area contributed by atoms with Gasteiger partial charge in [0.05, 0.1) is 0 Å². The van der Waals surface area contributed by atoms with Gasteiger partial charge in [-0.1, -0.05) is 30.3 Å². The Balaban J connectivity index is 1.74. The molecule has 104 valence electrons. The van der Waals surface area contributed by atoms with Crippen LogP contribution in [0.15, 0.2) is 59.5 Å². The fourth-order valence-electron chi connectivity index (χ4n) is 1.74. The van der Waals surface area contributed by atoms with E-state index < -0.39 is 0 Å². The fourth-order valence-corrected chi connectivity index (χ4v) is 2.53. The number of hydrogen-bond donors (Lipinski definition) is 2. The summed E-state index contributed by atoms with van der Waals surface area (Å²) in [7, 11) is 0. The molecule has 0 spiro atoms. The van der Waals surface area contributed by atoms with Gasteiger partial charge >= 0.3 is 0 Å². The largest absolute Gasteiger partial charge is 0.351 e. The lowest BCUT2D eigenvalue weighted by atomic mass is 10.1. The highest BCUT2D eigenvalue weighted by atomic mass is 32.2. The first-order valence-electron chi connectivity index (χ1n) is 6.54. The monoisotopic (exact) mass is 286 g/mol. The van der Waals surface area contributed by atoms with Gasteiger partial charge in [0, 0.05) is 29.3 Å². The van der Waals surface area contributed by atoms with Gasteiger partial charge in [-0.25, -0.2) is 0 Å². The van der Waals surface area contributed by atoms with Crippen LogP contribution in [0, 0.1) is 0 Å². The van der Waals surface area contributed by atoms with E-state index in [2.05, 4.69) is 17.4 Å². The summed E-state index contributed by atoms with van der Waals surface area (Å²) in [5.74, 6) is 0.818. The van der Waals surface area contributed by atoms with Crippen LogP contribution in [-0.2, 0) is 6.54 Å². The number of hydrogen-bond acceptors (Lipinski definition) is 3. The summed E-state index contributed by atoms with van der Waals surface area (Å²) in [6.07, 6.45) is 0. The second-order valence-corrected chi connectivity index (χ2v) is 5.49. The molecule has 0 radical (unpaired) electrons. The van der Waals surface area contributed by atoms with Crippen LogP contribution >= 0.6 is 11.8 Å². The summed E-state index contributed by atoms with van der Waals surface area (Å²) >= 11 is 1.73. The first-order chi connectivity index (χ1) is 9.79. The maximum Gasteiger partial charge on any atom is 0.251 e. The average Bonchev–Trinajstić information content (AvgIpc) is 2.52. The Hall–Kier alpha value is -1.78. The van der Waals surface area contributed by atoms with Gasteiger partial charge in [0.25, 0.3) is 5.91 Å². The number of benzene rings is 2. The van der Waals surface area contributed by atoms with Gasteiger partial charge in [0.1, 0.15) is 0 Å². The number of amides is 1. The Kier molecular flexibility index (Phi) is 5.65. The number of nitrogens with one attached hydrogen (secondary N) is 1. The molecule has 0 aliphatic rings. The van der Waals surface area contributed by atoms with E-state index in [0.29, 0.717) is 18.7 Å². The molecule has 2 rings (SSSR count). The Morgan fingerprint density at radius 1 is 1.05 bits per heavy atom. The Morgan fingerprint density at radius 2 is 1.75 bits per heavy atom. The van der Waals surface area contributed by atoms with Gasteiger partial charge in [0.2, 0.25) is 0 Å². The quantitative estimate of drug-likeness (QED) is 0.634. The van der Waals surface area contributed by atoms with E-state index >= 15 is 0 Å². The van der Waals surface area contributed by atoms with Crippen LogP contribution in [0.4, 0.5) is 0 Å². The van der Waals surface area contributed by atoms with E-state index in [1.807, 2.05) is 42.5 Å². The van der Waals surface area contributed by atoms with Crippen LogP contribution in [0.2, 0.25) is 0 Å². The highest BCUT2D eigenvalue weighted by molar-refractivity contribution is 7.99. The van der Waals surface area contributed by atoms with Crippen molar-refractivity contribution >= 4 is 17.7 Å². The molecule has 2 aromatic rings. The Morgan fingerprint density at radius 3 is 2.40 bits per heavy atom. The van der Waals surface area contributed by atoms with E-state index in [4.69, 9.17) is 5.73 Å². The zero-order chi connectivity index (χ0) is 14.2. The first kappa shape index (κ1) is 14.6. The third-order valence-electron chi connectivity index (χ3n) is 2.85. The molecule has 3 N–H and O–H groups in total. The minimum atomic E-state index is -0.0396. The van der Waals surface area contributed by atoms with Crippen LogP contribution in [0.1, 0.15) is 15.9 Å². The van der Waals surface area contributed by atoms with E-state index in [-0.39, 0.29) is 5.91 Å². The van der Waals surface area contributed by atoms with Gasteiger partial charge < -0.3 is 11.1 Å². The highest BCUT2D eigenvalue weighted by Crippen LogP contribution is 2.15. The number of thioether (sulfide) groups is 1. The van der Waals surface area contributed by atoms with E-state index in [1.54, 1.807) is 11.8 Å². The lowest BCUT2D eigenvalue weighted by Crippen LogP contribution is -2.25. The van der Waals surface area contributed by atoms with Gasteiger partial charge in [0.15, 0.2) is 0 Å². The van der Waals surface area contributed by atoms with Gasteiger partial charge in [-0.3, -0.25) is 4.79 Å². The summed E-state index contributed by atoms with van der Waals surface area (Å²) in [5, 5.41) is 2.92. The number of rotatable bonds is 6. The molecule has 0 aromatic heterocycles. The predicted molar refractivity (Wildman–Crippen MR) is 83.8 cm³/mol. The smallest absolute Gasteiger partial charge is 0.251 e. The molecule has 0 bridgehead atoms. The van der Waals surface area contributed by atoms with Crippen LogP contribution < -0.4 is 11.1 Å². The molecule has 1 amide bonds. The maximum absolute atomic E-state index is 11.9. The zero-order valence-corrected chi connectivity index (χ0v) is 12.0. The van der Waals surface area contributed by atoms with Crippen molar-refractivity contribution in [2.24, 2.45) is 5.73 Å². The summed E-state index contributed by atoms with van der Waals surface area (Å²) in [4.78, 5) is 13.1. The normalized spacial score (nSPS) is 10.2. The Labute approximate surface area is 123 Å². The summed E-state index contributed by atoms with van der Waals surface area (Å²) in [6.45, 7) is 1.15. The Bertz CT molecular complexity index is 540. The van der Waals surface area contributed by atoms with Crippen molar-refractivity contribution in [2.75, 3.05) is 12.3 Å². The zero-order valence-electron chi connectivity index (χ0n) is 11.2. The van der Waals surface area contributed by atoms with Crippen molar-refractivity contribution in [2.45, 2.75) is 11.4 Å². The molecule has 0 heterocycles. The first-order valence-corrected chi connectivity index (χ1v) is 7.53. The van der Waals surface area contributed by atoms with E-state index in [9.17, 15) is 4.79 Å². The van der Waals surface area contributed by atoms with Gasteiger partial charge in [-0.2, -0.15) is 0 Å². The standard InChI is InChI=1S/C16H18N2OS/c17-12-13-6-8-14(9-7-13)16(19)18-10-11-20-15-4-2-1-3-5-15/h1-9H,10-12,17H2,(H,18,19). The van der Waals surface area contributed by atoms with Crippen molar-refractivity contribution in [1.29, 1.82) is 0 Å². The SMILES string of the molecule is NCc1ccc(C(=O)NCCSc2ccccc2)cc1. The molecule has 0 saturated heterocycles. The fraction of sp³-hybridized carbons (Fsp3) is 0.188. The van der Waals surface area contributed by atoms with Crippen molar-refractivity contribution in [3.8, 4) is 0 Å². The topological polar surface area (TPSA) is 55.1 Å². The third kappa shape index (κ3) is 4.40. The molecule has 3 nitrogen and oxygen atoms in total. The molecule has 0 fully saturated rings. The lowest BCUT2D eigenvalue weighted by molar-refractivity contribution is 0.0956. The second-order valence-electron chi connectivity index (χ2n) is 4.32. The van der Waals surface area contributed by atoms with Gasteiger partial charge in [-0.05, 0) is 29.8 Å². The average molecular weight is 286 g/mol. The third-order valence-corrected chi connectivity index (χ3v) is 3.87. The molecular weight excluding hydrogens is 268 g/mol. The highest BCUT2D eigenvalue weighted by Gasteiger charge is 2.04. The molecule has 0 aliphatic carbocycles. The molecule has 0 saturated carbocycles. The molecule has 2 aromatic carbocycles. The van der Waals surface area contributed by atoms with E-state index in [0.717, 1.165) is 11.3 Å². The number of nitrogens with two attached hydrogens (primary N) is 1. The van der Waals surface area contributed by atoms with Crippen LogP contribution in [0.5, 0.6) is 0 Å². The van der Waals surface area contributed by atoms with Crippen LogP contribution in [-0.4, -0.2) is 18.2 Å². The summed E-state index contributed by atoms with van der Waals surface area (Å²) < 4.78 is 0. The summed E-state index contributed by atoms with van der Waals surface area (Å²) in [6, 6.07) is 17.5. The van der Waals surface area contributed by atoms with Gasteiger partial charge in [-0.15, -0.1) is 11.8 Å². The number of carbonyl (C=O) groups is 1. The van der Waals surface area contributed by atoms with Crippen LogP contribution in [0.25, 0.3) is 0 Å². The van der Waals surface area contributed by atoms with Crippen LogP contribution in [0.3, 0.4) is 0 Å². The lowest BCUT2D eigenvalue weighted by Gasteiger charge is -2.06. The molecule has 0 aliphatic heterocycles. The van der Waals surface area contributed by atoms with Crippen molar-refractivity contribution in [1.82, 2.24) is 5.32 Å². The molecule has 4 heteroatoms. The molecule has 20 heavy (non-hydrogen) atoms.